The molecule has 82 valence electrons. The third kappa shape index (κ3) is 2.96. The van der Waals surface area contributed by atoms with Crippen LogP contribution in [0.2, 0.25) is 0 Å². The van der Waals surface area contributed by atoms with Gasteiger partial charge in [0.15, 0.2) is 0 Å². The van der Waals surface area contributed by atoms with Crippen LogP contribution in [0.5, 0.6) is 0 Å². The van der Waals surface area contributed by atoms with Gasteiger partial charge in [-0.1, -0.05) is 28.8 Å². The molecule has 0 aromatic rings. The molecule has 1 heterocycles. The minimum Gasteiger partial charge on any atom is -0.381 e. The summed E-state index contributed by atoms with van der Waals surface area (Å²) in [5.41, 5.74) is 0. The molecule has 2 rings (SSSR count). The third-order valence-corrected chi connectivity index (χ3v) is 5.00. The fraction of sp³-hybridized carbons (Fsp3) is 1.00. The van der Waals surface area contributed by atoms with Crippen molar-refractivity contribution >= 4 is 15.9 Å². The van der Waals surface area contributed by atoms with Crippen molar-refractivity contribution in [2.24, 2.45) is 11.8 Å². The number of halogens is 1. The Hall–Kier alpha value is 0.440. The highest BCUT2D eigenvalue weighted by Gasteiger charge is 2.26. The zero-order valence-electron chi connectivity index (χ0n) is 8.88. The van der Waals surface area contributed by atoms with Crippen LogP contribution in [0.25, 0.3) is 0 Å². The molecule has 2 atom stereocenters. The summed E-state index contributed by atoms with van der Waals surface area (Å²) in [4.78, 5) is 0.805. The molecule has 14 heavy (non-hydrogen) atoms. The number of hydrogen-bond acceptors (Lipinski definition) is 1. The van der Waals surface area contributed by atoms with Crippen LogP contribution < -0.4 is 0 Å². The van der Waals surface area contributed by atoms with Crippen molar-refractivity contribution in [3.05, 3.63) is 0 Å². The topological polar surface area (TPSA) is 9.23 Å². The summed E-state index contributed by atoms with van der Waals surface area (Å²) in [6.07, 6.45) is 9.78. The molecular weight excluding hydrogens is 240 g/mol. The summed E-state index contributed by atoms with van der Waals surface area (Å²) in [6, 6.07) is 0. The van der Waals surface area contributed by atoms with E-state index in [-0.39, 0.29) is 0 Å². The second kappa shape index (κ2) is 5.50. The van der Waals surface area contributed by atoms with Crippen LogP contribution in [0.3, 0.4) is 0 Å². The van der Waals surface area contributed by atoms with E-state index in [4.69, 9.17) is 4.74 Å². The Kier molecular flexibility index (Phi) is 4.30. The highest BCUT2D eigenvalue weighted by atomic mass is 79.9. The fourth-order valence-corrected chi connectivity index (χ4v) is 3.64. The molecule has 2 heteroatoms. The first-order valence-electron chi connectivity index (χ1n) is 6.08. The number of rotatable bonds is 2. The van der Waals surface area contributed by atoms with Crippen molar-refractivity contribution in [2.45, 2.75) is 49.8 Å². The van der Waals surface area contributed by atoms with Crippen molar-refractivity contribution in [1.82, 2.24) is 0 Å². The molecule has 2 unspecified atom stereocenters. The summed E-state index contributed by atoms with van der Waals surface area (Å²) in [7, 11) is 0. The van der Waals surface area contributed by atoms with Crippen LogP contribution in [-0.2, 0) is 4.74 Å². The highest BCUT2D eigenvalue weighted by molar-refractivity contribution is 9.09. The Morgan fingerprint density at radius 2 is 1.71 bits per heavy atom. The summed E-state index contributed by atoms with van der Waals surface area (Å²) in [5, 5.41) is 0. The number of hydrogen-bond donors (Lipinski definition) is 0. The van der Waals surface area contributed by atoms with E-state index in [0.29, 0.717) is 0 Å². The van der Waals surface area contributed by atoms with E-state index in [9.17, 15) is 0 Å². The first kappa shape index (κ1) is 10.9. The molecule has 2 aliphatic rings. The average Bonchev–Trinajstić information content (AvgIpc) is 2.23. The molecule has 0 radical (unpaired) electrons. The van der Waals surface area contributed by atoms with Gasteiger partial charge in [-0.15, -0.1) is 0 Å². The molecule has 1 nitrogen and oxygen atoms in total. The van der Waals surface area contributed by atoms with Crippen LogP contribution in [0, 0.1) is 11.8 Å². The molecule has 0 spiro atoms. The Morgan fingerprint density at radius 3 is 2.43 bits per heavy atom. The van der Waals surface area contributed by atoms with E-state index in [1.165, 1.54) is 44.9 Å². The molecule has 0 N–H and O–H groups in total. The van der Waals surface area contributed by atoms with Gasteiger partial charge in [0.1, 0.15) is 0 Å². The van der Waals surface area contributed by atoms with Gasteiger partial charge < -0.3 is 4.74 Å². The molecular formula is C12H21BrO. The van der Waals surface area contributed by atoms with Crippen LogP contribution in [0.15, 0.2) is 0 Å². The van der Waals surface area contributed by atoms with Gasteiger partial charge in [0, 0.05) is 18.0 Å². The van der Waals surface area contributed by atoms with Gasteiger partial charge in [-0.2, -0.15) is 0 Å². The lowest BCUT2D eigenvalue weighted by Gasteiger charge is -2.32. The Labute approximate surface area is 95.7 Å². The maximum Gasteiger partial charge on any atom is 0.0468 e. The molecule has 2 fully saturated rings. The average molecular weight is 261 g/mol. The lowest BCUT2D eigenvalue weighted by molar-refractivity contribution is 0.0568. The van der Waals surface area contributed by atoms with E-state index in [0.717, 1.165) is 29.9 Å². The molecule has 1 saturated carbocycles. The number of ether oxygens (including phenoxy) is 1. The van der Waals surface area contributed by atoms with E-state index >= 15 is 0 Å². The molecule has 1 aliphatic heterocycles. The highest BCUT2D eigenvalue weighted by Crippen LogP contribution is 2.36. The molecule has 0 bridgehead atoms. The van der Waals surface area contributed by atoms with Crippen molar-refractivity contribution < 1.29 is 4.74 Å². The maximum atomic E-state index is 5.40. The normalized spacial score (nSPS) is 35.8. The molecule has 1 saturated heterocycles. The summed E-state index contributed by atoms with van der Waals surface area (Å²) >= 11 is 3.85. The van der Waals surface area contributed by atoms with Crippen LogP contribution >= 0.6 is 15.9 Å². The maximum absolute atomic E-state index is 5.40. The van der Waals surface area contributed by atoms with Crippen molar-refractivity contribution in [2.75, 3.05) is 13.2 Å². The van der Waals surface area contributed by atoms with Crippen LogP contribution in [-0.4, -0.2) is 18.0 Å². The van der Waals surface area contributed by atoms with Gasteiger partial charge in [-0.05, 0) is 43.9 Å². The zero-order chi connectivity index (χ0) is 9.80. The number of alkyl halides is 1. The predicted molar refractivity (Wildman–Crippen MR) is 62.8 cm³/mol. The Bertz CT molecular complexity index is 166. The van der Waals surface area contributed by atoms with E-state index < -0.39 is 0 Å². The summed E-state index contributed by atoms with van der Waals surface area (Å²) in [6.45, 7) is 2.01. The SMILES string of the molecule is BrC1CCCCC1CC1CCOCC1. The quantitative estimate of drug-likeness (QED) is 0.688. The summed E-state index contributed by atoms with van der Waals surface area (Å²) < 4.78 is 5.40. The predicted octanol–water partition coefficient (Wildman–Crippen LogP) is 3.76. The smallest absolute Gasteiger partial charge is 0.0468 e. The first-order chi connectivity index (χ1) is 6.86. The lowest BCUT2D eigenvalue weighted by Crippen LogP contribution is -2.25. The standard InChI is InChI=1S/C12H21BrO/c13-12-4-2-1-3-11(12)9-10-5-7-14-8-6-10/h10-12H,1-9H2. The molecule has 0 aromatic heterocycles. The second-order valence-corrected chi connectivity index (χ2v) is 6.03. The van der Waals surface area contributed by atoms with E-state index in [1.807, 2.05) is 0 Å². The van der Waals surface area contributed by atoms with Crippen molar-refractivity contribution in [1.29, 1.82) is 0 Å². The van der Waals surface area contributed by atoms with Crippen molar-refractivity contribution in [3.8, 4) is 0 Å². The minimum absolute atomic E-state index is 0.805. The van der Waals surface area contributed by atoms with E-state index in [2.05, 4.69) is 15.9 Å². The van der Waals surface area contributed by atoms with Crippen LogP contribution in [0.1, 0.15) is 44.9 Å². The van der Waals surface area contributed by atoms with Gasteiger partial charge >= 0.3 is 0 Å². The fourth-order valence-electron chi connectivity index (χ4n) is 2.84. The van der Waals surface area contributed by atoms with Gasteiger partial charge in [-0.3, -0.25) is 0 Å². The van der Waals surface area contributed by atoms with Crippen LogP contribution in [0.4, 0.5) is 0 Å². The van der Waals surface area contributed by atoms with Gasteiger partial charge in [0.05, 0.1) is 0 Å². The molecule has 0 aromatic carbocycles. The monoisotopic (exact) mass is 260 g/mol. The largest absolute Gasteiger partial charge is 0.381 e. The molecule has 0 amide bonds. The third-order valence-electron chi connectivity index (χ3n) is 3.79. The van der Waals surface area contributed by atoms with Gasteiger partial charge in [-0.25, -0.2) is 0 Å². The van der Waals surface area contributed by atoms with Gasteiger partial charge in [0.2, 0.25) is 0 Å². The van der Waals surface area contributed by atoms with E-state index in [1.54, 1.807) is 0 Å². The van der Waals surface area contributed by atoms with Gasteiger partial charge in [0.25, 0.3) is 0 Å². The first-order valence-corrected chi connectivity index (χ1v) is 6.99. The van der Waals surface area contributed by atoms with Crippen molar-refractivity contribution in [3.63, 3.8) is 0 Å². The second-order valence-electron chi connectivity index (χ2n) is 4.85. The summed E-state index contributed by atoms with van der Waals surface area (Å²) in [5.74, 6) is 1.90. The lowest BCUT2D eigenvalue weighted by atomic mass is 9.80. The zero-order valence-corrected chi connectivity index (χ0v) is 10.5. The molecule has 1 aliphatic carbocycles. The Balaban J connectivity index is 1.76. The minimum atomic E-state index is 0.805. The Morgan fingerprint density at radius 1 is 1.00 bits per heavy atom.